The monoisotopic (exact) mass is 324 g/mol. The van der Waals surface area contributed by atoms with Crippen molar-refractivity contribution in [2.45, 2.75) is 38.3 Å². The maximum atomic E-state index is 5.89. The normalized spacial score (nSPS) is 28.1. The second-order valence-corrected chi connectivity index (χ2v) is 7.49. The van der Waals surface area contributed by atoms with Crippen molar-refractivity contribution >= 4 is 11.8 Å². The Morgan fingerprint density at radius 1 is 1.36 bits per heavy atom. The Bertz CT molecular complexity index is 465. The minimum atomic E-state index is 0.267. The van der Waals surface area contributed by atoms with E-state index in [9.17, 15) is 0 Å². The van der Waals surface area contributed by atoms with Crippen LogP contribution in [0.25, 0.3) is 0 Å². The van der Waals surface area contributed by atoms with E-state index in [-0.39, 0.29) is 6.04 Å². The molecule has 2 atom stereocenters. The van der Waals surface area contributed by atoms with Crippen molar-refractivity contribution in [2.75, 3.05) is 44.4 Å². The van der Waals surface area contributed by atoms with Crippen LogP contribution in [0.4, 0.5) is 0 Å². The fourth-order valence-corrected chi connectivity index (χ4v) is 4.87. The molecule has 0 bridgehead atoms. The topological polar surface area (TPSA) is 37.6 Å². The molecule has 0 radical (unpaired) electrons. The zero-order chi connectivity index (χ0) is 15.4. The minimum absolute atomic E-state index is 0.267. The van der Waals surface area contributed by atoms with Crippen molar-refractivity contribution in [3.8, 4) is 0 Å². The molecule has 2 aliphatic heterocycles. The smallest absolute Gasteiger partial charge is 0.120 e. The van der Waals surface area contributed by atoms with E-state index in [1.54, 1.807) is 0 Å². The molecule has 1 N–H and O–H groups in total. The zero-order valence-corrected chi connectivity index (χ0v) is 14.6. The maximum Gasteiger partial charge on any atom is 0.120 e. The third-order valence-electron chi connectivity index (χ3n) is 4.96. The van der Waals surface area contributed by atoms with Gasteiger partial charge in [0.25, 0.3) is 0 Å². The average Bonchev–Trinajstić information content (AvgIpc) is 3.23. The van der Waals surface area contributed by atoms with Gasteiger partial charge >= 0.3 is 0 Å². The number of morpholine rings is 1. The molecule has 124 valence electrons. The highest BCUT2D eigenvalue weighted by atomic mass is 32.2. The van der Waals surface area contributed by atoms with Gasteiger partial charge in [-0.15, -0.1) is 0 Å². The van der Waals surface area contributed by atoms with E-state index in [0.29, 0.717) is 5.54 Å². The molecular formula is C17H28N2O2S. The van der Waals surface area contributed by atoms with Gasteiger partial charge in [-0.05, 0) is 31.2 Å². The molecule has 3 rings (SSSR count). The number of furan rings is 1. The number of aryl methyl sites for hydroxylation is 1. The zero-order valence-electron chi connectivity index (χ0n) is 13.8. The van der Waals surface area contributed by atoms with Crippen LogP contribution in [-0.4, -0.2) is 54.8 Å². The highest BCUT2D eigenvalue weighted by molar-refractivity contribution is 7.99. The summed E-state index contributed by atoms with van der Waals surface area (Å²) in [6.07, 6.45) is 2.23. The van der Waals surface area contributed by atoms with E-state index < -0.39 is 0 Å². The molecule has 0 amide bonds. The SMILES string of the molecule is CCc1ccc([C@H](C)NC[C@@]2(N3CCOCC3)CCSC2)o1. The van der Waals surface area contributed by atoms with Crippen LogP contribution in [0.3, 0.4) is 0 Å². The Morgan fingerprint density at radius 2 is 2.18 bits per heavy atom. The van der Waals surface area contributed by atoms with Crippen molar-refractivity contribution in [1.82, 2.24) is 10.2 Å². The largest absolute Gasteiger partial charge is 0.464 e. The Kier molecular flexibility index (Phi) is 5.50. The summed E-state index contributed by atoms with van der Waals surface area (Å²) in [5.74, 6) is 4.63. The number of thioether (sulfide) groups is 1. The van der Waals surface area contributed by atoms with Gasteiger partial charge in [-0.3, -0.25) is 4.90 Å². The van der Waals surface area contributed by atoms with Gasteiger partial charge in [-0.1, -0.05) is 6.92 Å². The fourth-order valence-electron chi connectivity index (χ4n) is 3.40. The molecule has 3 heterocycles. The van der Waals surface area contributed by atoms with Crippen molar-refractivity contribution in [1.29, 1.82) is 0 Å². The summed E-state index contributed by atoms with van der Waals surface area (Å²) < 4.78 is 11.4. The highest BCUT2D eigenvalue weighted by Gasteiger charge is 2.40. The van der Waals surface area contributed by atoms with Crippen LogP contribution in [0, 0.1) is 0 Å². The van der Waals surface area contributed by atoms with E-state index in [0.717, 1.165) is 50.8 Å². The van der Waals surface area contributed by atoms with E-state index in [1.807, 2.05) is 0 Å². The van der Waals surface area contributed by atoms with Crippen molar-refractivity contribution < 1.29 is 9.15 Å². The second-order valence-electron chi connectivity index (χ2n) is 6.39. The first kappa shape index (κ1) is 16.4. The fraction of sp³-hybridized carbons (Fsp3) is 0.765. The molecule has 0 spiro atoms. The molecule has 2 fully saturated rings. The lowest BCUT2D eigenvalue weighted by Crippen LogP contribution is -2.58. The first-order valence-corrected chi connectivity index (χ1v) is 9.61. The summed E-state index contributed by atoms with van der Waals surface area (Å²) in [4.78, 5) is 2.65. The van der Waals surface area contributed by atoms with Gasteiger partial charge < -0.3 is 14.5 Å². The predicted molar refractivity (Wildman–Crippen MR) is 91.6 cm³/mol. The number of rotatable bonds is 6. The second kappa shape index (κ2) is 7.39. The van der Waals surface area contributed by atoms with Crippen LogP contribution in [0.15, 0.2) is 16.5 Å². The standard InChI is InChI=1S/C17H28N2O2S/c1-3-15-4-5-16(21-15)14(2)18-12-17(6-11-22-13-17)19-7-9-20-10-8-19/h4-5,14,18H,3,6-13H2,1-2H3/t14-,17-/m0/s1. The average molecular weight is 324 g/mol. The number of nitrogens with one attached hydrogen (secondary N) is 1. The molecule has 0 saturated carbocycles. The van der Waals surface area contributed by atoms with Crippen LogP contribution in [0.5, 0.6) is 0 Å². The lowest BCUT2D eigenvalue weighted by molar-refractivity contribution is -0.0141. The van der Waals surface area contributed by atoms with Crippen molar-refractivity contribution in [3.05, 3.63) is 23.7 Å². The Labute approximate surface area is 138 Å². The summed E-state index contributed by atoms with van der Waals surface area (Å²) in [7, 11) is 0. The van der Waals surface area contributed by atoms with Gasteiger partial charge in [0.2, 0.25) is 0 Å². The van der Waals surface area contributed by atoms with Crippen molar-refractivity contribution in [3.63, 3.8) is 0 Å². The van der Waals surface area contributed by atoms with Gasteiger partial charge in [0.1, 0.15) is 11.5 Å². The van der Waals surface area contributed by atoms with Crippen LogP contribution >= 0.6 is 11.8 Å². The Morgan fingerprint density at radius 3 is 2.82 bits per heavy atom. The van der Waals surface area contributed by atoms with Crippen molar-refractivity contribution in [2.24, 2.45) is 0 Å². The van der Waals surface area contributed by atoms with E-state index >= 15 is 0 Å². The molecule has 0 unspecified atom stereocenters. The van der Waals surface area contributed by atoms with Gasteiger partial charge in [-0.25, -0.2) is 0 Å². The van der Waals surface area contributed by atoms with Gasteiger partial charge in [0.15, 0.2) is 0 Å². The van der Waals surface area contributed by atoms with Gasteiger partial charge in [0.05, 0.1) is 19.3 Å². The van der Waals surface area contributed by atoms with E-state index in [2.05, 4.69) is 48.0 Å². The predicted octanol–water partition coefficient (Wildman–Crippen LogP) is 2.70. The Hall–Kier alpha value is -0.490. The number of ether oxygens (including phenoxy) is 1. The van der Waals surface area contributed by atoms with Crippen LogP contribution in [0.2, 0.25) is 0 Å². The molecule has 4 nitrogen and oxygen atoms in total. The molecule has 2 aliphatic rings. The molecule has 0 aliphatic carbocycles. The molecule has 1 aromatic heterocycles. The third-order valence-corrected chi connectivity index (χ3v) is 6.19. The lowest BCUT2D eigenvalue weighted by atomic mass is 9.95. The number of hydrogen-bond acceptors (Lipinski definition) is 5. The molecular weight excluding hydrogens is 296 g/mol. The third kappa shape index (κ3) is 3.53. The molecule has 1 aromatic rings. The summed E-state index contributed by atoms with van der Waals surface area (Å²) >= 11 is 2.08. The van der Waals surface area contributed by atoms with Crippen LogP contribution in [-0.2, 0) is 11.2 Å². The highest BCUT2D eigenvalue weighted by Crippen LogP contribution is 2.34. The molecule has 5 heteroatoms. The van der Waals surface area contributed by atoms with E-state index in [4.69, 9.17) is 9.15 Å². The van der Waals surface area contributed by atoms with Crippen LogP contribution < -0.4 is 5.32 Å². The Balaban J connectivity index is 1.61. The number of hydrogen-bond donors (Lipinski definition) is 1. The summed E-state index contributed by atoms with van der Waals surface area (Å²) in [6, 6.07) is 4.47. The first-order valence-electron chi connectivity index (χ1n) is 8.46. The summed E-state index contributed by atoms with van der Waals surface area (Å²) in [5.41, 5.74) is 0.295. The maximum absolute atomic E-state index is 5.89. The quantitative estimate of drug-likeness (QED) is 0.871. The minimum Gasteiger partial charge on any atom is -0.464 e. The van der Waals surface area contributed by atoms with Gasteiger partial charge in [0, 0.05) is 37.3 Å². The molecule has 2 saturated heterocycles. The van der Waals surface area contributed by atoms with E-state index in [1.165, 1.54) is 17.9 Å². The molecule has 0 aromatic carbocycles. The van der Waals surface area contributed by atoms with Gasteiger partial charge in [-0.2, -0.15) is 11.8 Å². The summed E-state index contributed by atoms with van der Waals surface area (Å²) in [6.45, 7) is 9.25. The molecule has 22 heavy (non-hydrogen) atoms. The summed E-state index contributed by atoms with van der Waals surface area (Å²) in [5, 5.41) is 3.73. The first-order chi connectivity index (χ1) is 10.7. The van der Waals surface area contributed by atoms with Crippen LogP contribution in [0.1, 0.15) is 37.8 Å². The number of nitrogens with zero attached hydrogens (tertiary/aromatic N) is 1. The lowest BCUT2D eigenvalue weighted by Gasteiger charge is -2.43.